The summed E-state index contributed by atoms with van der Waals surface area (Å²) in [6.07, 6.45) is 1.79. The maximum absolute atomic E-state index is 8.46. The molecule has 0 radical (unpaired) electrons. The predicted molar refractivity (Wildman–Crippen MR) is 74.2 cm³/mol. The molecule has 3 nitrogen and oxygen atoms in total. The van der Waals surface area contributed by atoms with Gasteiger partial charge in [0.1, 0.15) is 5.75 Å². The van der Waals surface area contributed by atoms with Gasteiger partial charge in [0.25, 0.3) is 0 Å². The molecule has 5 heteroatoms. The van der Waals surface area contributed by atoms with Crippen LogP contribution in [0.5, 0.6) is 5.75 Å². The highest BCUT2D eigenvalue weighted by Crippen LogP contribution is 2.33. The molecule has 0 bridgehead atoms. The van der Waals surface area contributed by atoms with Crippen LogP contribution in [0.1, 0.15) is 25.3 Å². The standard InChI is InChI=1S/C13H16Cl2N2O/c1-9(17)6-10-7-11(14)8-12(15)13(10)18-5-3-2-4-16/h7-9H,2-3,5-6,17H2,1H3. The van der Waals surface area contributed by atoms with Gasteiger partial charge >= 0.3 is 0 Å². The largest absolute Gasteiger partial charge is 0.492 e. The van der Waals surface area contributed by atoms with Crippen LogP contribution < -0.4 is 10.5 Å². The normalized spacial score (nSPS) is 11.9. The summed E-state index contributed by atoms with van der Waals surface area (Å²) in [7, 11) is 0. The second-order valence-electron chi connectivity index (χ2n) is 4.17. The summed E-state index contributed by atoms with van der Waals surface area (Å²) < 4.78 is 5.63. The van der Waals surface area contributed by atoms with Gasteiger partial charge in [0.05, 0.1) is 17.7 Å². The lowest BCUT2D eigenvalue weighted by atomic mass is 10.1. The number of nitriles is 1. The Balaban J connectivity index is 2.83. The number of rotatable bonds is 6. The highest BCUT2D eigenvalue weighted by atomic mass is 35.5. The van der Waals surface area contributed by atoms with Crippen molar-refractivity contribution in [3.05, 3.63) is 27.7 Å². The molecule has 0 aliphatic heterocycles. The first kappa shape index (κ1) is 15.1. The zero-order valence-corrected chi connectivity index (χ0v) is 11.8. The SMILES string of the molecule is CC(N)Cc1cc(Cl)cc(Cl)c1OCCCC#N. The smallest absolute Gasteiger partial charge is 0.141 e. The average Bonchev–Trinajstić information content (AvgIpc) is 2.26. The quantitative estimate of drug-likeness (QED) is 0.814. The van der Waals surface area contributed by atoms with Crippen molar-refractivity contribution in [2.75, 3.05) is 6.61 Å². The molecule has 0 aromatic heterocycles. The Morgan fingerprint density at radius 2 is 2.17 bits per heavy atom. The third-order valence-corrected chi connectivity index (χ3v) is 2.81. The molecule has 0 amide bonds. The van der Waals surface area contributed by atoms with E-state index in [9.17, 15) is 0 Å². The molecule has 98 valence electrons. The summed E-state index contributed by atoms with van der Waals surface area (Å²) in [4.78, 5) is 0. The number of hydrogen-bond donors (Lipinski definition) is 1. The van der Waals surface area contributed by atoms with Gasteiger partial charge in [-0.15, -0.1) is 0 Å². The van der Waals surface area contributed by atoms with Gasteiger partial charge in [0.15, 0.2) is 0 Å². The number of benzene rings is 1. The van der Waals surface area contributed by atoms with Gasteiger partial charge in [-0.05, 0) is 37.5 Å². The average molecular weight is 287 g/mol. The monoisotopic (exact) mass is 286 g/mol. The molecule has 1 atom stereocenters. The van der Waals surface area contributed by atoms with Crippen LogP contribution in [0.4, 0.5) is 0 Å². The Morgan fingerprint density at radius 3 is 2.78 bits per heavy atom. The molecule has 0 fully saturated rings. The highest BCUT2D eigenvalue weighted by Gasteiger charge is 2.12. The molecule has 1 aromatic carbocycles. The van der Waals surface area contributed by atoms with Crippen molar-refractivity contribution < 1.29 is 4.74 Å². The van der Waals surface area contributed by atoms with E-state index in [0.717, 1.165) is 5.56 Å². The molecule has 0 spiro atoms. The molecule has 0 aliphatic rings. The van der Waals surface area contributed by atoms with Gasteiger partial charge in [-0.2, -0.15) is 5.26 Å². The summed E-state index contributed by atoms with van der Waals surface area (Å²) in [5.41, 5.74) is 6.69. The molecule has 1 rings (SSSR count). The van der Waals surface area contributed by atoms with Gasteiger partial charge in [-0.25, -0.2) is 0 Å². The van der Waals surface area contributed by atoms with E-state index in [4.69, 9.17) is 38.9 Å². The fraction of sp³-hybridized carbons (Fsp3) is 0.462. The molecule has 1 aromatic rings. The van der Waals surface area contributed by atoms with E-state index in [1.165, 1.54) is 0 Å². The lowest BCUT2D eigenvalue weighted by Crippen LogP contribution is -2.18. The number of halogens is 2. The van der Waals surface area contributed by atoms with Crippen molar-refractivity contribution in [1.82, 2.24) is 0 Å². The van der Waals surface area contributed by atoms with Crippen molar-refractivity contribution in [3.8, 4) is 11.8 Å². The first-order valence-electron chi connectivity index (χ1n) is 5.78. The number of nitrogens with zero attached hydrogens (tertiary/aromatic N) is 1. The minimum Gasteiger partial charge on any atom is -0.492 e. The van der Waals surface area contributed by atoms with Crippen LogP contribution in [-0.2, 0) is 6.42 Å². The number of hydrogen-bond acceptors (Lipinski definition) is 3. The summed E-state index contributed by atoms with van der Waals surface area (Å²) in [6.45, 7) is 2.37. The van der Waals surface area contributed by atoms with Crippen LogP contribution in [0, 0.1) is 11.3 Å². The van der Waals surface area contributed by atoms with E-state index in [0.29, 0.717) is 41.7 Å². The Kier molecular flexibility index (Phi) is 6.28. The molecule has 0 saturated heterocycles. The second kappa shape index (κ2) is 7.48. The third-order valence-electron chi connectivity index (χ3n) is 2.31. The number of unbranched alkanes of at least 4 members (excludes halogenated alkanes) is 1. The highest BCUT2D eigenvalue weighted by molar-refractivity contribution is 6.35. The summed E-state index contributed by atoms with van der Waals surface area (Å²) in [5.74, 6) is 0.622. The van der Waals surface area contributed by atoms with Crippen LogP contribution in [0.25, 0.3) is 0 Å². The van der Waals surface area contributed by atoms with Crippen LogP contribution in [-0.4, -0.2) is 12.6 Å². The first-order valence-corrected chi connectivity index (χ1v) is 6.53. The van der Waals surface area contributed by atoms with Gasteiger partial charge in [-0.3, -0.25) is 0 Å². The van der Waals surface area contributed by atoms with E-state index >= 15 is 0 Å². The molecule has 1 unspecified atom stereocenters. The maximum atomic E-state index is 8.46. The molecular formula is C13H16Cl2N2O. The Bertz CT molecular complexity index is 441. The van der Waals surface area contributed by atoms with Gasteiger partial charge in [0, 0.05) is 17.5 Å². The topological polar surface area (TPSA) is 59.0 Å². The third kappa shape index (κ3) is 4.73. The lowest BCUT2D eigenvalue weighted by Gasteiger charge is -2.15. The van der Waals surface area contributed by atoms with Crippen LogP contribution >= 0.6 is 23.2 Å². The van der Waals surface area contributed by atoms with E-state index in [2.05, 4.69) is 6.07 Å². The zero-order valence-electron chi connectivity index (χ0n) is 10.2. The van der Waals surface area contributed by atoms with Gasteiger partial charge in [0.2, 0.25) is 0 Å². The summed E-state index contributed by atoms with van der Waals surface area (Å²) >= 11 is 12.1. The van der Waals surface area contributed by atoms with Crippen molar-refractivity contribution >= 4 is 23.2 Å². The molecular weight excluding hydrogens is 271 g/mol. The Hall–Kier alpha value is -0.950. The molecule has 2 N–H and O–H groups in total. The number of ether oxygens (including phenoxy) is 1. The van der Waals surface area contributed by atoms with Crippen molar-refractivity contribution in [2.24, 2.45) is 5.73 Å². The Morgan fingerprint density at radius 1 is 1.44 bits per heavy atom. The molecule has 0 aliphatic carbocycles. The maximum Gasteiger partial charge on any atom is 0.141 e. The van der Waals surface area contributed by atoms with Gasteiger partial charge in [-0.1, -0.05) is 23.2 Å². The lowest BCUT2D eigenvalue weighted by molar-refractivity contribution is 0.309. The second-order valence-corrected chi connectivity index (χ2v) is 5.01. The number of nitrogens with two attached hydrogens (primary N) is 1. The van der Waals surface area contributed by atoms with E-state index in [-0.39, 0.29) is 6.04 Å². The van der Waals surface area contributed by atoms with Gasteiger partial charge < -0.3 is 10.5 Å². The fourth-order valence-corrected chi connectivity index (χ4v) is 2.19. The molecule has 18 heavy (non-hydrogen) atoms. The predicted octanol–water partition coefficient (Wildman–Crippen LogP) is 3.57. The van der Waals surface area contributed by atoms with E-state index in [1.807, 2.05) is 13.0 Å². The van der Waals surface area contributed by atoms with Crippen LogP contribution in [0.3, 0.4) is 0 Å². The minimum absolute atomic E-state index is 0.000918. The summed E-state index contributed by atoms with van der Waals surface area (Å²) in [6, 6.07) is 5.53. The zero-order chi connectivity index (χ0) is 13.5. The van der Waals surface area contributed by atoms with Crippen molar-refractivity contribution in [2.45, 2.75) is 32.2 Å². The fourth-order valence-electron chi connectivity index (χ4n) is 1.60. The van der Waals surface area contributed by atoms with Crippen LogP contribution in [0.2, 0.25) is 10.0 Å². The first-order chi connectivity index (χ1) is 8.54. The molecule has 0 heterocycles. The van der Waals surface area contributed by atoms with E-state index < -0.39 is 0 Å². The Labute approximate surface area is 117 Å². The van der Waals surface area contributed by atoms with Crippen molar-refractivity contribution in [3.63, 3.8) is 0 Å². The van der Waals surface area contributed by atoms with E-state index in [1.54, 1.807) is 6.07 Å². The van der Waals surface area contributed by atoms with Crippen LogP contribution in [0.15, 0.2) is 12.1 Å². The molecule has 0 saturated carbocycles. The summed E-state index contributed by atoms with van der Waals surface area (Å²) in [5, 5.41) is 9.51. The minimum atomic E-state index is 0.000918. The van der Waals surface area contributed by atoms with Crippen molar-refractivity contribution in [1.29, 1.82) is 5.26 Å².